The van der Waals surface area contributed by atoms with Crippen LogP contribution in [0.25, 0.3) is 0 Å². The molecule has 3 N–H and O–H groups in total. The summed E-state index contributed by atoms with van der Waals surface area (Å²) in [5.74, 6) is -0.263. The lowest BCUT2D eigenvalue weighted by Crippen LogP contribution is -2.52. The van der Waals surface area contributed by atoms with Crippen LogP contribution in [0.1, 0.15) is 23.2 Å². The van der Waals surface area contributed by atoms with Crippen molar-refractivity contribution in [1.29, 1.82) is 0 Å². The topological polar surface area (TPSA) is 88.1 Å². The Morgan fingerprint density at radius 3 is 2.62 bits per heavy atom. The summed E-state index contributed by atoms with van der Waals surface area (Å²) < 4.78 is 1.75. The Morgan fingerprint density at radius 1 is 1.27 bits per heavy atom. The molecular formula is C19H23N5O2. The van der Waals surface area contributed by atoms with Crippen LogP contribution in [0, 0.1) is 0 Å². The van der Waals surface area contributed by atoms with Crippen molar-refractivity contribution in [3.05, 3.63) is 60.9 Å². The molecule has 7 heteroatoms. The first kappa shape index (κ1) is 17.9. The number of piperidine rings is 1. The normalized spacial score (nSPS) is 15.8. The van der Waals surface area contributed by atoms with E-state index in [9.17, 15) is 9.59 Å². The molecule has 26 heavy (non-hydrogen) atoms. The van der Waals surface area contributed by atoms with Crippen molar-refractivity contribution in [3.63, 3.8) is 0 Å². The third-order valence-corrected chi connectivity index (χ3v) is 4.61. The van der Waals surface area contributed by atoms with E-state index in [2.05, 4.69) is 27.6 Å². The van der Waals surface area contributed by atoms with Gasteiger partial charge in [-0.05, 0) is 56.3 Å². The molecule has 1 aliphatic heterocycles. The molecule has 136 valence electrons. The number of carbonyl (C=O) groups excluding carboxylic acids is 2. The number of nitrogens with zero attached hydrogens (tertiary/aromatic N) is 2. The van der Waals surface area contributed by atoms with Gasteiger partial charge in [-0.2, -0.15) is 5.10 Å². The van der Waals surface area contributed by atoms with Crippen LogP contribution in [-0.2, 0) is 10.3 Å². The van der Waals surface area contributed by atoms with E-state index in [1.807, 2.05) is 12.3 Å². The Hall–Kier alpha value is -2.93. The molecule has 1 fully saturated rings. The van der Waals surface area contributed by atoms with E-state index in [-0.39, 0.29) is 11.8 Å². The molecule has 0 saturated carbocycles. The third-order valence-electron chi connectivity index (χ3n) is 4.61. The van der Waals surface area contributed by atoms with Gasteiger partial charge < -0.3 is 16.0 Å². The fraction of sp³-hybridized carbons (Fsp3) is 0.316. The summed E-state index contributed by atoms with van der Waals surface area (Å²) in [5, 5.41) is 13.3. The molecule has 3 rings (SSSR count). The van der Waals surface area contributed by atoms with Gasteiger partial charge in [0.05, 0.1) is 0 Å². The number of carbonyl (C=O) groups is 2. The van der Waals surface area contributed by atoms with Gasteiger partial charge in [-0.3, -0.25) is 14.3 Å². The molecule has 2 aromatic rings. The monoisotopic (exact) mass is 353 g/mol. The van der Waals surface area contributed by atoms with Gasteiger partial charge in [0.25, 0.3) is 11.8 Å². The van der Waals surface area contributed by atoms with E-state index < -0.39 is 5.54 Å². The van der Waals surface area contributed by atoms with Crippen LogP contribution in [0.2, 0.25) is 0 Å². The predicted molar refractivity (Wildman–Crippen MR) is 99.9 cm³/mol. The van der Waals surface area contributed by atoms with E-state index in [1.165, 1.54) is 0 Å². The summed E-state index contributed by atoms with van der Waals surface area (Å²) in [6.07, 6.45) is 6.48. The van der Waals surface area contributed by atoms with E-state index in [0.29, 0.717) is 30.6 Å². The molecule has 0 unspecified atom stereocenters. The van der Waals surface area contributed by atoms with Crippen molar-refractivity contribution in [1.82, 2.24) is 20.4 Å². The second-order valence-electron chi connectivity index (χ2n) is 6.26. The molecule has 0 atom stereocenters. The molecule has 0 spiro atoms. The molecule has 0 aliphatic carbocycles. The minimum atomic E-state index is -0.700. The number of hydrogen-bond donors (Lipinski definition) is 3. The highest BCUT2D eigenvalue weighted by Gasteiger charge is 2.42. The summed E-state index contributed by atoms with van der Waals surface area (Å²) in [6.45, 7) is 5.50. The highest BCUT2D eigenvalue weighted by molar-refractivity contribution is 5.98. The Bertz CT molecular complexity index is 762. The molecule has 1 saturated heterocycles. The van der Waals surface area contributed by atoms with E-state index in [0.717, 1.165) is 13.1 Å². The highest BCUT2D eigenvalue weighted by atomic mass is 16.2. The van der Waals surface area contributed by atoms with Crippen LogP contribution >= 0.6 is 0 Å². The van der Waals surface area contributed by atoms with Crippen molar-refractivity contribution in [3.8, 4) is 0 Å². The molecule has 2 heterocycles. The van der Waals surface area contributed by atoms with E-state index in [4.69, 9.17) is 0 Å². The molecule has 1 aliphatic rings. The quantitative estimate of drug-likeness (QED) is 0.687. The second kappa shape index (κ2) is 7.97. The number of rotatable bonds is 6. The van der Waals surface area contributed by atoms with Gasteiger partial charge in [-0.1, -0.05) is 6.08 Å². The first-order valence-corrected chi connectivity index (χ1v) is 8.67. The van der Waals surface area contributed by atoms with Gasteiger partial charge in [-0.25, -0.2) is 0 Å². The fourth-order valence-electron chi connectivity index (χ4n) is 3.14. The highest BCUT2D eigenvalue weighted by Crippen LogP contribution is 2.28. The zero-order chi connectivity index (χ0) is 18.4. The maximum absolute atomic E-state index is 13.1. The number of benzene rings is 1. The lowest BCUT2D eigenvalue weighted by Gasteiger charge is -2.36. The fourth-order valence-corrected chi connectivity index (χ4v) is 3.14. The van der Waals surface area contributed by atoms with Gasteiger partial charge in [0.2, 0.25) is 0 Å². The Kier molecular flexibility index (Phi) is 5.48. The predicted octanol–water partition coefficient (Wildman–Crippen LogP) is 1.52. The SMILES string of the molecule is C=CCNC(=O)c1ccc(NC(=O)C2(n3cccn3)CCNCC2)cc1. The standard InChI is InChI=1S/C19H23N5O2/c1-2-10-21-17(25)15-4-6-16(7-5-15)23-18(26)19(8-12-20-13-9-19)24-14-3-11-22-24/h2-7,11,14,20H,1,8-10,12-13H2,(H,21,25)(H,23,26). The van der Waals surface area contributed by atoms with Gasteiger partial charge in [0.15, 0.2) is 0 Å². The van der Waals surface area contributed by atoms with Crippen LogP contribution in [-0.4, -0.2) is 41.2 Å². The summed E-state index contributed by atoms with van der Waals surface area (Å²) in [4.78, 5) is 25.0. The maximum atomic E-state index is 13.1. The van der Waals surface area contributed by atoms with Gasteiger partial charge in [0.1, 0.15) is 5.54 Å². The van der Waals surface area contributed by atoms with E-state index in [1.54, 1.807) is 41.2 Å². The number of aromatic nitrogens is 2. The lowest BCUT2D eigenvalue weighted by atomic mass is 9.87. The Morgan fingerprint density at radius 2 is 2.00 bits per heavy atom. The number of hydrogen-bond acceptors (Lipinski definition) is 4. The van der Waals surface area contributed by atoms with Crippen LogP contribution in [0.15, 0.2) is 55.4 Å². The van der Waals surface area contributed by atoms with Crippen molar-refractivity contribution in [2.24, 2.45) is 0 Å². The number of amides is 2. The van der Waals surface area contributed by atoms with Crippen LogP contribution in [0.4, 0.5) is 5.69 Å². The second-order valence-corrected chi connectivity index (χ2v) is 6.26. The van der Waals surface area contributed by atoms with Crippen LogP contribution < -0.4 is 16.0 Å². The largest absolute Gasteiger partial charge is 0.349 e. The first-order chi connectivity index (χ1) is 12.7. The molecule has 0 radical (unpaired) electrons. The smallest absolute Gasteiger partial charge is 0.252 e. The Labute approximate surface area is 152 Å². The molecule has 0 bridgehead atoms. The third kappa shape index (κ3) is 3.67. The van der Waals surface area contributed by atoms with Crippen LogP contribution in [0.5, 0.6) is 0 Å². The van der Waals surface area contributed by atoms with Crippen molar-refractivity contribution >= 4 is 17.5 Å². The molecule has 2 amide bonds. The van der Waals surface area contributed by atoms with Gasteiger partial charge >= 0.3 is 0 Å². The first-order valence-electron chi connectivity index (χ1n) is 8.67. The Balaban J connectivity index is 1.74. The van der Waals surface area contributed by atoms with Crippen molar-refractivity contribution in [2.45, 2.75) is 18.4 Å². The molecule has 1 aromatic heterocycles. The summed E-state index contributed by atoms with van der Waals surface area (Å²) in [7, 11) is 0. The van der Waals surface area contributed by atoms with Crippen molar-refractivity contribution in [2.75, 3.05) is 25.0 Å². The van der Waals surface area contributed by atoms with Crippen LogP contribution in [0.3, 0.4) is 0 Å². The maximum Gasteiger partial charge on any atom is 0.252 e. The molecule has 7 nitrogen and oxygen atoms in total. The minimum Gasteiger partial charge on any atom is -0.349 e. The zero-order valence-corrected chi connectivity index (χ0v) is 14.6. The molecular weight excluding hydrogens is 330 g/mol. The van der Waals surface area contributed by atoms with Gasteiger partial charge in [-0.15, -0.1) is 6.58 Å². The average Bonchev–Trinajstić information content (AvgIpc) is 3.22. The minimum absolute atomic E-state index is 0.0911. The number of nitrogens with one attached hydrogen (secondary N) is 3. The summed E-state index contributed by atoms with van der Waals surface area (Å²) in [5.41, 5.74) is 0.489. The molecule has 1 aromatic carbocycles. The van der Waals surface area contributed by atoms with Crippen molar-refractivity contribution < 1.29 is 9.59 Å². The van der Waals surface area contributed by atoms with Gasteiger partial charge in [0, 0.05) is 30.2 Å². The zero-order valence-electron chi connectivity index (χ0n) is 14.6. The lowest BCUT2D eigenvalue weighted by molar-refractivity contribution is -0.126. The average molecular weight is 353 g/mol. The number of anilines is 1. The summed E-state index contributed by atoms with van der Waals surface area (Å²) in [6, 6.07) is 8.68. The summed E-state index contributed by atoms with van der Waals surface area (Å²) >= 11 is 0. The van der Waals surface area contributed by atoms with E-state index >= 15 is 0 Å².